The van der Waals surface area contributed by atoms with Crippen molar-refractivity contribution in [3.05, 3.63) is 79.7 Å². The summed E-state index contributed by atoms with van der Waals surface area (Å²) >= 11 is 1.63. The molecule has 1 aliphatic carbocycles. The van der Waals surface area contributed by atoms with Crippen LogP contribution in [0.3, 0.4) is 0 Å². The Kier molecular flexibility index (Phi) is 5.88. The van der Waals surface area contributed by atoms with Gasteiger partial charge in [-0.25, -0.2) is 14.6 Å². The molecule has 1 amide bonds. The first-order valence-corrected chi connectivity index (χ1v) is 13.4. The number of thiophene rings is 1. The summed E-state index contributed by atoms with van der Waals surface area (Å²) in [5, 5.41) is 18.0. The molecule has 4 heterocycles. The Hall–Kier alpha value is -3.89. The summed E-state index contributed by atoms with van der Waals surface area (Å²) in [7, 11) is 1.58. The van der Waals surface area contributed by atoms with Crippen molar-refractivity contribution in [1.29, 1.82) is 0 Å². The number of nitrogens with zero attached hydrogens (tertiary/aromatic N) is 5. The summed E-state index contributed by atoms with van der Waals surface area (Å²) in [6.45, 7) is 4.83. The van der Waals surface area contributed by atoms with Crippen LogP contribution in [0, 0.1) is 5.41 Å². The number of carbonyl (C=O) groups excluding carboxylic acids is 1. The minimum Gasteiger partial charge on any atom is -0.392 e. The molecule has 0 bridgehead atoms. The molecule has 2 N–H and O–H groups in total. The summed E-state index contributed by atoms with van der Waals surface area (Å²) in [6.07, 6.45) is 5.80. The molecule has 4 aromatic rings. The number of aromatic nitrogens is 4. The molecule has 194 valence electrons. The van der Waals surface area contributed by atoms with E-state index in [1.807, 2.05) is 18.2 Å². The molecule has 9 nitrogen and oxygen atoms in total. The number of aryl methyl sites for hydroxylation is 1. The lowest BCUT2D eigenvalue weighted by atomic mass is 9.89. The Bertz CT molecular complexity index is 1630. The van der Waals surface area contributed by atoms with Crippen LogP contribution >= 0.6 is 11.3 Å². The van der Waals surface area contributed by atoms with Crippen molar-refractivity contribution in [3.63, 3.8) is 0 Å². The fourth-order valence-corrected chi connectivity index (χ4v) is 7.13. The summed E-state index contributed by atoms with van der Waals surface area (Å²) in [4.78, 5) is 38.5. The number of hydrogen-bond acceptors (Lipinski definition) is 8. The van der Waals surface area contributed by atoms with Crippen LogP contribution in [0.15, 0.2) is 47.7 Å². The molecule has 3 aromatic heterocycles. The van der Waals surface area contributed by atoms with Gasteiger partial charge in [0, 0.05) is 35.8 Å². The second-order valence-electron chi connectivity index (χ2n) is 10.6. The van der Waals surface area contributed by atoms with Crippen LogP contribution in [0.2, 0.25) is 0 Å². The van der Waals surface area contributed by atoms with Crippen LogP contribution in [0.4, 0.5) is 17.2 Å². The van der Waals surface area contributed by atoms with Crippen LogP contribution in [-0.4, -0.2) is 37.3 Å². The zero-order valence-corrected chi connectivity index (χ0v) is 22.3. The SMILES string of the molecule is Cn1nc(-c2cccc(N3CCc4c(sc5c4CC(C)(C)C5)C3=O)c2CO)cc(Nc2ccncn2)c1=O. The van der Waals surface area contributed by atoms with E-state index in [-0.39, 0.29) is 23.5 Å². The molecule has 1 aliphatic heterocycles. The lowest BCUT2D eigenvalue weighted by molar-refractivity contribution is 0.0984. The van der Waals surface area contributed by atoms with E-state index >= 15 is 0 Å². The van der Waals surface area contributed by atoms with Crippen molar-refractivity contribution >= 4 is 34.4 Å². The fourth-order valence-electron chi connectivity index (χ4n) is 5.56. The maximum atomic E-state index is 13.7. The molecule has 0 fully saturated rings. The van der Waals surface area contributed by atoms with Crippen molar-refractivity contribution in [2.75, 3.05) is 16.8 Å². The van der Waals surface area contributed by atoms with Gasteiger partial charge in [0.15, 0.2) is 0 Å². The van der Waals surface area contributed by atoms with Gasteiger partial charge in [-0.15, -0.1) is 11.3 Å². The van der Waals surface area contributed by atoms with Gasteiger partial charge < -0.3 is 15.3 Å². The normalized spacial score (nSPS) is 15.9. The topological polar surface area (TPSA) is 113 Å². The van der Waals surface area contributed by atoms with Crippen LogP contribution in [0.1, 0.15) is 45.1 Å². The molecule has 0 unspecified atom stereocenters. The number of fused-ring (bicyclic) bond motifs is 3. The van der Waals surface area contributed by atoms with E-state index in [1.54, 1.807) is 41.6 Å². The number of aliphatic hydroxyl groups excluding tert-OH is 1. The molecule has 38 heavy (non-hydrogen) atoms. The highest BCUT2D eigenvalue weighted by atomic mass is 32.1. The number of anilines is 3. The van der Waals surface area contributed by atoms with Crippen molar-refractivity contribution in [3.8, 4) is 11.3 Å². The number of hydrogen-bond donors (Lipinski definition) is 2. The van der Waals surface area contributed by atoms with Crippen molar-refractivity contribution in [1.82, 2.24) is 19.7 Å². The molecule has 2 aliphatic rings. The number of nitrogens with one attached hydrogen (secondary N) is 1. The lowest BCUT2D eigenvalue weighted by Gasteiger charge is -2.30. The smallest absolute Gasteiger partial charge is 0.290 e. The van der Waals surface area contributed by atoms with Crippen LogP contribution in [-0.2, 0) is 32.9 Å². The van der Waals surface area contributed by atoms with Crippen molar-refractivity contribution in [2.24, 2.45) is 12.5 Å². The molecule has 10 heteroatoms. The van der Waals surface area contributed by atoms with Gasteiger partial charge >= 0.3 is 0 Å². The minimum atomic E-state index is -0.318. The van der Waals surface area contributed by atoms with Crippen LogP contribution in [0.5, 0.6) is 0 Å². The number of rotatable bonds is 5. The van der Waals surface area contributed by atoms with E-state index < -0.39 is 0 Å². The summed E-state index contributed by atoms with van der Waals surface area (Å²) in [5.74, 6) is 0.459. The van der Waals surface area contributed by atoms with Crippen molar-refractivity contribution in [2.45, 2.75) is 39.7 Å². The quantitative estimate of drug-likeness (QED) is 0.404. The molecule has 1 aromatic carbocycles. The highest BCUT2D eigenvalue weighted by Crippen LogP contribution is 2.46. The molecule has 0 atom stereocenters. The van der Waals surface area contributed by atoms with Gasteiger partial charge in [0.1, 0.15) is 17.8 Å². The molecule has 0 saturated heterocycles. The zero-order chi connectivity index (χ0) is 26.6. The third-order valence-electron chi connectivity index (χ3n) is 7.30. The second kappa shape index (κ2) is 9.14. The summed E-state index contributed by atoms with van der Waals surface area (Å²) in [6, 6.07) is 8.87. The van der Waals surface area contributed by atoms with E-state index in [0.717, 1.165) is 24.1 Å². The Morgan fingerprint density at radius 1 is 1.16 bits per heavy atom. The third kappa shape index (κ3) is 4.10. The third-order valence-corrected chi connectivity index (χ3v) is 8.57. The number of amides is 1. The van der Waals surface area contributed by atoms with Gasteiger partial charge in [-0.05, 0) is 54.0 Å². The maximum absolute atomic E-state index is 13.7. The van der Waals surface area contributed by atoms with Gasteiger partial charge in [0.25, 0.3) is 11.5 Å². The second-order valence-corrected chi connectivity index (χ2v) is 11.7. The zero-order valence-electron chi connectivity index (χ0n) is 21.5. The van der Waals surface area contributed by atoms with Crippen molar-refractivity contribution < 1.29 is 9.90 Å². The highest BCUT2D eigenvalue weighted by Gasteiger charge is 2.38. The predicted octanol–water partition coefficient (Wildman–Crippen LogP) is 3.86. The van der Waals surface area contributed by atoms with Crippen LogP contribution in [0.25, 0.3) is 11.3 Å². The Morgan fingerprint density at radius 2 is 2.00 bits per heavy atom. The lowest BCUT2D eigenvalue weighted by Crippen LogP contribution is -2.37. The Labute approximate surface area is 223 Å². The summed E-state index contributed by atoms with van der Waals surface area (Å²) < 4.78 is 1.25. The van der Waals surface area contributed by atoms with Gasteiger partial charge in [-0.1, -0.05) is 26.0 Å². The molecule has 0 saturated carbocycles. The Morgan fingerprint density at radius 3 is 2.76 bits per heavy atom. The molecule has 6 rings (SSSR count). The largest absolute Gasteiger partial charge is 0.392 e. The van der Waals surface area contributed by atoms with E-state index in [1.165, 1.54) is 27.0 Å². The number of carbonyl (C=O) groups is 1. The van der Waals surface area contributed by atoms with E-state index in [9.17, 15) is 14.7 Å². The monoisotopic (exact) mass is 528 g/mol. The maximum Gasteiger partial charge on any atom is 0.290 e. The number of benzene rings is 1. The van der Waals surface area contributed by atoms with Gasteiger partial charge in [-0.3, -0.25) is 9.59 Å². The summed E-state index contributed by atoms with van der Waals surface area (Å²) in [5.41, 5.74) is 5.21. The fraction of sp³-hybridized carbons (Fsp3) is 0.321. The molecular formula is C28H28N6O3S. The van der Waals surface area contributed by atoms with Crippen LogP contribution < -0.4 is 15.8 Å². The standard InChI is InChI=1S/C28H28N6O3S/c1-28(2)12-18-17-8-10-34(27(37)25(17)38-23(18)13-28)22-6-4-5-16(19(22)14-35)20-11-21(26(36)33(3)32-20)31-24-7-9-29-15-30-24/h4-7,9,11,15,35H,8,10,12-14H2,1-3H3,(H,29,30,31). The van der Waals surface area contributed by atoms with Gasteiger partial charge in [0.2, 0.25) is 0 Å². The first-order valence-electron chi connectivity index (χ1n) is 12.6. The molecule has 0 radical (unpaired) electrons. The van der Waals surface area contributed by atoms with Gasteiger partial charge in [-0.2, -0.15) is 5.10 Å². The Balaban J connectivity index is 1.38. The molecular weight excluding hydrogens is 500 g/mol. The van der Waals surface area contributed by atoms with Gasteiger partial charge in [0.05, 0.1) is 22.9 Å². The highest BCUT2D eigenvalue weighted by molar-refractivity contribution is 7.14. The van der Waals surface area contributed by atoms with E-state index in [0.29, 0.717) is 40.6 Å². The first-order chi connectivity index (χ1) is 18.3. The van der Waals surface area contributed by atoms with E-state index in [2.05, 4.69) is 34.2 Å². The predicted molar refractivity (Wildman–Crippen MR) is 147 cm³/mol. The number of aliphatic hydroxyl groups is 1. The van der Waals surface area contributed by atoms with E-state index in [4.69, 9.17) is 0 Å². The first kappa shape index (κ1) is 24.4. The average Bonchev–Trinajstić information content (AvgIpc) is 3.39. The minimum absolute atomic E-state index is 0.0187. The molecule has 0 spiro atoms. The average molecular weight is 529 g/mol.